The number of aromatic amines is 1. The number of fused-ring (bicyclic) bond motifs is 2. The molecule has 0 radical (unpaired) electrons. The molecule has 4 aromatic rings. The molecule has 0 atom stereocenters. The van der Waals surface area contributed by atoms with Crippen molar-refractivity contribution in [2.75, 3.05) is 33.0 Å². The number of amides is 2. The molecule has 3 aromatic heterocycles. The average molecular weight is 458 g/mol. The number of carbonyl (C=O) groups excluding carboxylic acids is 2. The van der Waals surface area contributed by atoms with Gasteiger partial charge in [0.2, 0.25) is 5.91 Å². The normalized spacial score (nSPS) is 11.1. The van der Waals surface area contributed by atoms with Crippen LogP contribution >= 0.6 is 22.7 Å². The van der Waals surface area contributed by atoms with Crippen molar-refractivity contribution < 1.29 is 9.59 Å². The highest BCUT2D eigenvalue weighted by Gasteiger charge is 2.20. The van der Waals surface area contributed by atoms with E-state index in [1.165, 1.54) is 27.5 Å². The van der Waals surface area contributed by atoms with Crippen LogP contribution in [0.1, 0.15) is 16.2 Å². The van der Waals surface area contributed by atoms with Gasteiger partial charge in [0.05, 0.1) is 10.2 Å². The Hall–Kier alpha value is -3.38. The van der Waals surface area contributed by atoms with E-state index in [9.17, 15) is 14.4 Å². The van der Waals surface area contributed by atoms with E-state index in [-0.39, 0.29) is 28.1 Å². The van der Waals surface area contributed by atoms with Crippen molar-refractivity contribution in [2.45, 2.75) is 6.42 Å². The molecule has 2 amide bonds. The van der Waals surface area contributed by atoms with Gasteiger partial charge in [-0.3, -0.25) is 14.4 Å². The van der Waals surface area contributed by atoms with Crippen LogP contribution in [0.25, 0.3) is 20.6 Å². The van der Waals surface area contributed by atoms with Crippen LogP contribution in [-0.4, -0.2) is 69.2 Å². The standard InChI is InChI=1S/C19H19N7O3S2/c1-25(2)13(27)6-7-26(3)18(28)17-24-14-15(20-9-21-16(14)31-17)22-10-4-5-11-12(8-10)30-19(29)23-11/h4-5,8-9H,6-7H2,1-3H3,(H,23,29)(H,20,21,22). The second kappa shape index (κ2) is 8.40. The Bertz CT molecular complexity index is 1340. The minimum atomic E-state index is -0.279. The van der Waals surface area contributed by atoms with Crippen LogP contribution in [-0.2, 0) is 4.79 Å². The monoisotopic (exact) mass is 457 g/mol. The Morgan fingerprint density at radius 3 is 2.74 bits per heavy atom. The first-order chi connectivity index (χ1) is 14.8. The van der Waals surface area contributed by atoms with E-state index in [4.69, 9.17) is 0 Å². The molecule has 0 saturated heterocycles. The highest BCUT2D eigenvalue weighted by molar-refractivity contribution is 7.20. The predicted molar refractivity (Wildman–Crippen MR) is 121 cm³/mol. The van der Waals surface area contributed by atoms with Gasteiger partial charge >= 0.3 is 4.87 Å². The van der Waals surface area contributed by atoms with Crippen molar-refractivity contribution in [1.82, 2.24) is 29.7 Å². The third-order valence-electron chi connectivity index (χ3n) is 4.57. The zero-order valence-electron chi connectivity index (χ0n) is 17.0. The van der Waals surface area contributed by atoms with Crippen LogP contribution in [0.4, 0.5) is 11.5 Å². The highest BCUT2D eigenvalue weighted by atomic mass is 32.1. The van der Waals surface area contributed by atoms with Crippen molar-refractivity contribution in [2.24, 2.45) is 0 Å². The number of aromatic nitrogens is 4. The highest BCUT2D eigenvalue weighted by Crippen LogP contribution is 2.28. The Morgan fingerprint density at radius 2 is 1.97 bits per heavy atom. The first-order valence-electron chi connectivity index (χ1n) is 9.29. The zero-order chi connectivity index (χ0) is 22.1. The van der Waals surface area contributed by atoms with Crippen molar-refractivity contribution in [3.8, 4) is 0 Å². The van der Waals surface area contributed by atoms with Gasteiger partial charge in [-0.1, -0.05) is 22.7 Å². The molecule has 2 N–H and O–H groups in total. The van der Waals surface area contributed by atoms with Gasteiger partial charge in [-0.25, -0.2) is 15.0 Å². The van der Waals surface area contributed by atoms with Crippen LogP contribution in [0, 0.1) is 0 Å². The molecule has 4 rings (SSSR count). The number of benzene rings is 1. The second-order valence-corrected chi connectivity index (χ2v) is 9.00. The molecule has 12 heteroatoms. The molecule has 0 aliphatic carbocycles. The quantitative estimate of drug-likeness (QED) is 0.455. The van der Waals surface area contributed by atoms with E-state index in [0.717, 1.165) is 27.2 Å². The Morgan fingerprint density at radius 1 is 1.16 bits per heavy atom. The van der Waals surface area contributed by atoms with Crippen molar-refractivity contribution in [3.63, 3.8) is 0 Å². The molecular weight excluding hydrogens is 438 g/mol. The maximum Gasteiger partial charge on any atom is 0.305 e. The lowest BCUT2D eigenvalue weighted by Gasteiger charge is -2.17. The van der Waals surface area contributed by atoms with Gasteiger partial charge < -0.3 is 20.1 Å². The molecular formula is C19H19N7O3S2. The summed E-state index contributed by atoms with van der Waals surface area (Å²) in [6.45, 7) is 0.294. The number of rotatable bonds is 6. The van der Waals surface area contributed by atoms with E-state index >= 15 is 0 Å². The Balaban J connectivity index is 1.56. The third-order valence-corrected chi connectivity index (χ3v) is 6.37. The van der Waals surface area contributed by atoms with E-state index in [2.05, 4.69) is 25.3 Å². The van der Waals surface area contributed by atoms with Gasteiger partial charge in [-0.05, 0) is 18.2 Å². The number of hydrogen-bond donors (Lipinski definition) is 2. The van der Waals surface area contributed by atoms with Crippen LogP contribution in [0.3, 0.4) is 0 Å². The largest absolute Gasteiger partial charge is 0.349 e. The molecule has 160 valence electrons. The topological polar surface area (TPSA) is 124 Å². The maximum atomic E-state index is 12.8. The van der Waals surface area contributed by atoms with Crippen LogP contribution in [0.15, 0.2) is 29.3 Å². The first kappa shape index (κ1) is 20.9. The number of nitrogens with zero attached hydrogens (tertiary/aromatic N) is 5. The average Bonchev–Trinajstić information content (AvgIpc) is 3.33. The molecule has 0 aliphatic heterocycles. The lowest BCUT2D eigenvalue weighted by Crippen LogP contribution is -2.32. The zero-order valence-corrected chi connectivity index (χ0v) is 18.6. The van der Waals surface area contributed by atoms with Crippen molar-refractivity contribution in [3.05, 3.63) is 39.2 Å². The smallest absolute Gasteiger partial charge is 0.305 e. The van der Waals surface area contributed by atoms with Crippen LogP contribution in [0.5, 0.6) is 0 Å². The summed E-state index contributed by atoms with van der Waals surface area (Å²) in [5, 5.41) is 3.47. The second-order valence-electron chi connectivity index (χ2n) is 7.01. The number of hydrogen-bond acceptors (Lipinski definition) is 9. The van der Waals surface area contributed by atoms with E-state index in [1.807, 2.05) is 18.2 Å². The molecule has 10 nitrogen and oxygen atoms in total. The van der Waals surface area contributed by atoms with Crippen LogP contribution in [0.2, 0.25) is 0 Å². The summed E-state index contributed by atoms with van der Waals surface area (Å²) in [5.74, 6) is 0.137. The number of nitrogens with one attached hydrogen (secondary N) is 2. The summed E-state index contributed by atoms with van der Waals surface area (Å²) in [7, 11) is 5.00. The minimum absolute atomic E-state index is 0.0503. The molecule has 0 aliphatic rings. The van der Waals surface area contributed by atoms with Gasteiger partial charge in [-0.15, -0.1) is 0 Å². The fraction of sp³-hybridized carbons (Fsp3) is 0.263. The summed E-state index contributed by atoms with van der Waals surface area (Å²) in [5.41, 5.74) is 1.99. The lowest BCUT2D eigenvalue weighted by atomic mass is 10.3. The lowest BCUT2D eigenvalue weighted by molar-refractivity contribution is -0.128. The maximum absolute atomic E-state index is 12.8. The number of anilines is 2. The predicted octanol–water partition coefficient (Wildman–Crippen LogP) is 2.28. The van der Waals surface area contributed by atoms with Gasteiger partial charge in [0.1, 0.15) is 16.7 Å². The fourth-order valence-electron chi connectivity index (χ4n) is 2.85. The summed E-state index contributed by atoms with van der Waals surface area (Å²) < 4.78 is 0.823. The van der Waals surface area contributed by atoms with Crippen LogP contribution < -0.4 is 10.2 Å². The van der Waals surface area contributed by atoms with E-state index in [1.54, 1.807) is 21.1 Å². The SMILES string of the molecule is CN(C)C(=O)CCN(C)C(=O)c1nc2c(Nc3ccc4[nH]c(=O)sc4c3)ncnc2s1. The minimum Gasteiger partial charge on any atom is -0.349 e. The van der Waals surface area contributed by atoms with Gasteiger partial charge in [0, 0.05) is 39.8 Å². The third kappa shape index (κ3) is 4.39. The molecule has 3 heterocycles. The van der Waals surface area contributed by atoms with Gasteiger partial charge in [0.15, 0.2) is 10.8 Å². The fourth-order valence-corrected chi connectivity index (χ4v) is 4.53. The molecule has 0 bridgehead atoms. The van der Waals surface area contributed by atoms with Crippen molar-refractivity contribution >= 4 is 66.6 Å². The summed E-state index contributed by atoms with van der Waals surface area (Å²) >= 11 is 2.30. The molecule has 0 unspecified atom stereocenters. The molecule has 31 heavy (non-hydrogen) atoms. The summed E-state index contributed by atoms with van der Waals surface area (Å²) in [4.78, 5) is 55.2. The number of carbonyl (C=O) groups is 2. The molecule has 0 saturated carbocycles. The Labute approximate surface area is 184 Å². The van der Waals surface area contributed by atoms with E-state index in [0.29, 0.717) is 22.7 Å². The number of H-pyrrole nitrogens is 1. The number of thiazole rings is 2. The Kier molecular flexibility index (Phi) is 5.65. The van der Waals surface area contributed by atoms with Crippen molar-refractivity contribution in [1.29, 1.82) is 0 Å². The first-order valence-corrected chi connectivity index (χ1v) is 10.9. The van der Waals surface area contributed by atoms with Gasteiger partial charge in [-0.2, -0.15) is 0 Å². The summed E-state index contributed by atoms with van der Waals surface area (Å²) in [6.07, 6.45) is 1.64. The van der Waals surface area contributed by atoms with Gasteiger partial charge in [0.25, 0.3) is 5.91 Å². The summed E-state index contributed by atoms with van der Waals surface area (Å²) in [6, 6.07) is 5.49. The molecule has 1 aromatic carbocycles. The van der Waals surface area contributed by atoms with E-state index < -0.39 is 0 Å². The molecule has 0 spiro atoms. The molecule has 0 fully saturated rings.